The molecule has 1 heterocycles. The summed E-state index contributed by atoms with van der Waals surface area (Å²) in [6.07, 6.45) is 2.52. The predicted molar refractivity (Wildman–Crippen MR) is 73.7 cm³/mol. The van der Waals surface area contributed by atoms with Crippen molar-refractivity contribution >= 4 is 34.8 Å². The van der Waals surface area contributed by atoms with E-state index in [2.05, 4.69) is 24.1 Å². The minimum absolute atomic E-state index is 0.313. The summed E-state index contributed by atoms with van der Waals surface area (Å²) >= 11 is 11.9. The van der Waals surface area contributed by atoms with Crippen LogP contribution >= 0.6 is 23.2 Å². The number of nitrogen functional groups attached to an aromatic ring is 1. The Morgan fingerprint density at radius 2 is 2.06 bits per heavy atom. The number of nitrogens with zero attached hydrogens (tertiary/aromatic N) is 1. The molecule has 0 aromatic carbocycles. The summed E-state index contributed by atoms with van der Waals surface area (Å²) in [6.45, 7) is 5.39. The van der Waals surface area contributed by atoms with Crippen molar-refractivity contribution in [1.29, 1.82) is 0 Å². The van der Waals surface area contributed by atoms with Crippen LogP contribution in [0.4, 0.5) is 11.6 Å². The molecule has 1 fully saturated rings. The number of nitrogens with two attached hydrogens (primary N) is 1. The fourth-order valence-corrected chi connectivity index (χ4v) is 2.41. The van der Waals surface area contributed by atoms with Gasteiger partial charge < -0.3 is 11.1 Å². The monoisotopic (exact) mass is 273 g/mol. The first-order valence-electron chi connectivity index (χ1n) is 5.80. The Morgan fingerprint density at radius 1 is 1.41 bits per heavy atom. The van der Waals surface area contributed by atoms with E-state index in [0.29, 0.717) is 33.0 Å². The molecule has 1 aliphatic rings. The number of hydrogen-bond donors (Lipinski definition) is 2. The zero-order valence-corrected chi connectivity index (χ0v) is 11.6. The van der Waals surface area contributed by atoms with E-state index in [0.717, 1.165) is 6.54 Å². The molecule has 0 bridgehead atoms. The van der Waals surface area contributed by atoms with Crippen LogP contribution in [0.3, 0.4) is 0 Å². The number of aromatic nitrogens is 1. The van der Waals surface area contributed by atoms with Crippen LogP contribution in [0.15, 0.2) is 6.07 Å². The maximum absolute atomic E-state index is 6.07. The van der Waals surface area contributed by atoms with Gasteiger partial charge in [-0.2, -0.15) is 0 Å². The van der Waals surface area contributed by atoms with E-state index < -0.39 is 0 Å². The maximum Gasteiger partial charge on any atom is 0.147 e. The number of hydrogen-bond acceptors (Lipinski definition) is 3. The van der Waals surface area contributed by atoms with E-state index >= 15 is 0 Å². The fraction of sp³-hybridized carbons (Fsp3) is 0.583. The lowest BCUT2D eigenvalue weighted by Gasteiger charge is -2.20. The topological polar surface area (TPSA) is 50.9 Å². The van der Waals surface area contributed by atoms with Gasteiger partial charge in [0, 0.05) is 6.54 Å². The van der Waals surface area contributed by atoms with E-state index in [9.17, 15) is 0 Å². The van der Waals surface area contributed by atoms with Crippen molar-refractivity contribution in [2.45, 2.75) is 26.7 Å². The summed E-state index contributed by atoms with van der Waals surface area (Å²) in [6, 6.07) is 1.63. The lowest BCUT2D eigenvalue weighted by molar-refractivity contribution is 0.380. The lowest BCUT2D eigenvalue weighted by Crippen LogP contribution is -2.21. The van der Waals surface area contributed by atoms with Crippen LogP contribution in [0.2, 0.25) is 10.0 Å². The normalized spacial score (nSPS) is 17.2. The van der Waals surface area contributed by atoms with Crippen molar-refractivity contribution in [1.82, 2.24) is 4.98 Å². The van der Waals surface area contributed by atoms with Crippen molar-refractivity contribution < 1.29 is 0 Å². The molecular weight excluding hydrogens is 257 g/mol. The highest BCUT2D eigenvalue weighted by atomic mass is 35.5. The second-order valence-electron chi connectivity index (χ2n) is 5.06. The van der Waals surface area contributed by atoms with Gasteiger partial charge in [-0.05, 0) is 30.2 Å². The molecule has 0 amide bonds. The molecule has 0 atom stereocenters. The largest absolute Gasteiger partial charge is 0.382 e. The Morgan fingerprint density at radius 3 is 2.59 bits per heavy atom. The van der Waals surface area contributed by atoms with Crippen LogP contribution in [0.1, 0.15) is 26.7 Å². The van der Waals surface area contributed by atoms with Crippen LogP contribution in [0.5, 0.6) is 0 Å². The average Bonchev–Trinajstić information content (AvgIpc) is 3.02. The highest BCUT2D eigenvalue weighted by Crippen LogP contribution is 2.51. The van der Waals surface area contributed by atoms with Crippen molar-refractivity contribution in [2.24, 2.45) is 11.3 Å². The number of anilines is 2. The lowest BCUT2D eigenvalue weighted by atomic mass is 9.92. The van der Waals surface area contributed by atoms with Crippen LogP contribution in [0.25, 0.3) is 0 Å². The van der Waals surface area contributed by atoms with Crippen LogP contribution in [-0.4, -0.2) is 11.5 Å². The van der Waals surface area contributed by atoms with Crippen molar-refractivity contribution in [3.8, 4) is 0 Å². The van der Waals surface area contributed by atoms with Gasteiger partial charge in [-0.25, -0.2) is 4.98 Å². The van der Waals surface area contributed by atoms with Gasteiger partial charge in [-0.3, -0.25) is 0 Å². The molecule has 0 radical (unpaired) electrons. The third-order valence-electron chi connectivity index (χ3n) is 3.68. The summed E-state index contributed by atoms with van der Waals surface area (Å²) in [4.78, 5) is 4.17. The van der Waals surface area contributed by atoms with E-state index in [1.165, 1.54) is 12.8 Å². The molecule has 1 aromatic rings. The zero-order chi connectivity index (χ0) is 12.6. The van der Waals surface area contributed by atoms with Gasteiger partial charge in [0.2, 0.25) is 0 Å². The molecule has 0 spiro atoms. The van der Waals surface area contributed by atoms with Crippen LogP contribution in [-0.2, 0) is 0 Å². The van der Waals surface area contributed by atoms with Crippen molar-refractivity contribution in [3.05, 3.63) is 16.1 Å². The first-order valence-corrected chi connectivity index (χ1v) is 6.55. The van der Waals surface area contributed by atoms with Crippen LogP contribution < -0.4 is 11.1 Å². The Bertz CT molecular complexity index is 428. The molecule has 0 unspecified atom stereocenters. The number of pyridine rings is 1. The molecule has 1 aliphatic carbocycles. The van der Waals surface area contributed by atoms with Crippen molar-refractivity contribution in [2.75, 3.05) is 17.6 Å². The Balaban J connectivity index is 2.07. The SMILES string of the molecule is CC(C)C1(CNc2nc(N)c(Cl)cc2Cl)CC1. The van der Waals surface area contributed by atoms with E-state index in [1.807, 2.05) is 0 Å². The number of nitrogens with one attached hydrogen (secondary N) is 1. The third-order valence-corrected chi connectivity index (χ3v) is 4.27. The third kappa shape index (κ3) is 2.61. The molecule has 1 aromatic heterocycles. The molecule has 94 valence electrons. The summed E-state index contributed by atoms with van der Waals surface area (Å²) in [7, 11) is 0. The maximum atomic E-state index is 6.07. The van der Waals surface area contributed by atoms with E-state index in [-0.39, 0.29) is 0 Å². The molecule has 3 N–H and O–H groups in total. The van der Waals surface area contributed by atoms with Gasteiger partial charge >= 0.3 is 0 Å². The second kappa shape index (κ2) is 4.54. The highest BCUT2D eigenvalue weighted by Gasteiger charge is 2.45. The summed E-state index contributed by atoms with van der Waals surface area (Å²) in [5.41, 5.74) is 6.06. The minimum Gasteiger partial charge on any atom is -0.382 e. The molecule has 1 saturated carbocycles. The number of halogens is 2. The van der Waals surface area contributed by atoms with Gasteiger partial charge in [0.25, 0.3) is 0 Å². The summed E-state index contributed by atoms with van der Waals surface area (Å²) in [5, 5.41) is 4.19. The molecule has 0 saturated heterocycles. The van der Waals surface area contributed by atoms with Gasteiger partial charge in [0.15, 0.2) is 0 Å². The molecule has 3 nitrogen and oxygen atoms in total. The van der Waals surface area contributed by atoms with Crippen molar-refractivity contribution in [3.63, 3.8) is 0 Å². The molecule has 0 aliphatic heterocycles. The average molecular weight is 274 g/mol. The summed E-state index contributed by atoms with van der Waals surface area (Å²) < 4.78 is 0. The van der Waals surface area contributed by atoms with E-state index in [1.54, 1.807) is 6.07 Å². The Hall–Kier alpha value is -0.670. The van der Waals surface area contributed by atoms with E-state index in [4.69, 9.17) is 28.9 Å². The highest BCUT2D eigenvalue weighted by molar-refractivity contribution is 6.37. The molecular formula is C12H17Cl2N3. The molecule has 2 rings (SSSR count). The quantitative estimate of drug-likeness (QED) is 0.877. The first kappa shape index (κ1) is 12.8. The second-order valence-corrected chi connectivity index (χ2v) is 5.87. The van der Waals surface area contributed by atoms with Gasteiger partial charge in [-0.15, -0.1) is 0 Å². The minimum atomic E-state index is 0.313. The predicted octanol–water partition coefficient (Wildman–Crippen LogP) is 3.82. The summed E-state index contributed by atoms with van der Waals surface area (Å²) in [5.74, 6) is 1.60. The molecule has 5 heteroatoms. The Labute approximate surface area is 112 Å². The van der Waals surface area contributed by atoms with Crippen LogP contribution in [0, 0.1) is 11.3 Å². The molecule has 17 heavy (non-hydrogen) atoms. The Kier molecular flexibility index (Phi) is 3.41. The van der Waals surface area contributed by atoms with Gasteiger partial charge in [0.1, 0.15) is 11.6 Å². The first-order chi connectivity index (χ1) is 7.94. The fourth-order valence-electron chi connectivity index (χ4n) is 1.98. The van der Waals surface area contributed by atoms with Gasteiger partial charge in [0.05, 0.1) is 10.0 Å². The zero-order valence-electron chi connectivity index (χ0n) is 10.1. The standard InChI is InChI=1S/C12H17Cl2N3/c1-7(2)12(3-4-12)6-16-11-9(14)5-8(13)10(15)17-11/h5,7H,3-4,6H2,1-2H3,(H3,15,16,17). The van der Waals surface area contributed by atoms with Gasteiger partial charge in [-0.1, -0.05) is 37.0 Å². The number of rotatable bonds is 4. The smallest absolute Gasteiger partial charge is 0.147 e.